The highest BCUT2D eigenvalue weighted by Crippen LogP contribution is 2.35. The molecule has 290 valence electrons. The van der Waals surface area contributed by atoms with Crippen molar-refractivity contribution >= 4 is 52.3 Å². The lowest BCUT2D eigenvalue weighted by Gasteiger charge is -2.39. The molecule has 4 atom stereocenters. The van der Waals surface area contributed by atoms with Crippen molar-refractivity contribution in [3.63, 3.8) is 0 Å². The number of nitrogens with two attached hydrogens (primary N) is 1. The van der Waals surface area contributed by atoms with E-state index in [1.54, 1.807) is 12.2 Å². The number of carboxylic acid groups (broad SMARTS) is 3. The Morgan fingerprint density at radius 3 is 2.15 bits per heavy atom. The summed E-state index contributed by atoms with van der Waals surface area (Å²) in [5.74, 6) is -11.5. The minimum atomic E-state index is -1.84. The molecule has 14 nitrogen and oxygen atoms in total. The molecule has 0 aromatic heterocycles. The molecule has 0 saturated heterocycles. The van der Waals surface area contributed by atoms with Crippen molar-refractivity contribution in [1.29, 1.82) is 0 Å². The minimum absolute atomic E-state index is 0.0154. The van der Waals surface area contributed by atoms with Crippen LogP contribution in [0.1, 0.15) is 79.9 Å². The fraction of sp³-hybridized carbons (Fsp3) is 0.390. The van der Waals surface area contributed by atoms with Crippen LogP contribution in [-0.4, -0.2) is 75.0 Å². The van der Waals surface area contributed by atoms with E-state index in [2.05, 4.69) is 16.0 Å². The van der Waals surface area contributed by atoms with E-state index in [9.17, 15) is 48.9 Å². The Morgan fingerprint density at radius 1 is 0.818 bits per heavy atom. The fourth-order valence-corrected chi connectivity index (χ4v) is 7.76. The average Bonchev–Trinajstić information content (AvgIpc) is 3.14. The van der Waals surface area contributed by atoms with Gasteiger partial charge in [-0.25, -0.2) is 0 Å². The summed E-state index contributed by atoms with van der Waals surface area (Å²) in [6.45, 7) is 0.129. The van der Waals surface area contributed by atoms with Gasteiger partial charge in [-0.1, -0.05) is 98.1 Å². The van der Waals surface area contributed by atoms with Crippen molar-refractivity contribution in [1.82, 2.24) is 16.0 Å². The van der Waals surface area contributed by atoms with Crippen molar-refractivity contribution in [2.45, 2.75) is 81.2 Å². The normalized spacial score (nSPS) is 22.7. The Bertz CT molecular complexity index is 1950. The molecule has 4 amide bonds. The van der Waals surface area contributed by atoms with Crippen LogP contribution in [0, 0.1) is 11.8 Å². The predicted molar refractivity (Wildman–Crippen MR) is 201 cm³/mol. The maximum atomic E-state index is 14.4. The molecule has 3 aromatic carbocycles. The molecule has 55 heavy (non-hydrogen) atoms. The Kier molecular flexibility index (Phi) is 13.0. The van der Waals surface area contributed by atoms with Gasteiger partial charge in [-0.3, -0.25) is 33.6 Å². The van der Waals surface area contributed by atoms with E-state index in [-0.39, 0.29) is 30.9 Å². The van der Waals surface area contributed by atoms with Gasteiger partial charge in [0.2, 0.25) is 23.6 Å². The van der Waals surface area contributed by atoms with Gasteiger partial charge in [-0.05, 0) is 59.1 Å². The zero-order chi connectivity index (χ0) is 39.7. The van der Waals surface area contributed by atoms with Gasteiger partial charge in [0.05, 0.1) is 18.8 Å². The highest BCUT2D eigenvalue weighted by Gasteiger charge is 2.45. The average molecular weight is 755 g/mol. The molecular formula is C41H46N4O10. The number of carboxylic acids is 3. The lowest BCUT2D eigenvalue weighted by atomic mass is 9.78. The zero-order valence-corrected chi connectivity index (χ0v) is 30.2. The van der Waals surface area contributed by atoms with E-state index in [4.69, 9.17) is 5.73 Å². The summed E-state index contributed by atoms with van der Waals surface area (Å²) in [5.41, 5.74) is 5.40. The smallest absolute Gasteiger partial charge is 0.322 e. The Labute approximate surface area is 317 Å². The van der Waals surface area contributed by atoms with Crippen LogP contribution >= 0.6 is 0 Å². The summed E-state index contributed by atoms with van der Waals surface area (Å²) < 4.78 is 0. The number of hydrogen-bond acceptors (Lipinski definition) is 7. The first kappa shape index (κ1) is 40.1. The van der Waals surface area contributed by atoms with Crippen molar-refractivity contribution < 1.29 is 48.9 Å². The fourth-order valence-electron chi connectivity index (χ4n) is 7.76. The molecule has 0 radical (unpaired) electrons. The molecule has 14 heteroatoms. The topological polar surface area (TPSA) is 242 Å². The maximum absolute atomic E-state index is 14.4. The van der Waals surface area contributed by atoms with Crippen molar-refractivity contribution in [3.05, 3.63) is 95.6 Å². The van der Waals surface area contributed by atoms with Gasteiger partial charge in [0.15, 0.2) is 5.92 Å². The largest absolute Gasteiger partial charge is 0.481 e. The number of amides is 4. The second kappa shape index (κ2) is 17.9. The van der Waals surface area contributed by atoms with Gasteiger partial charge < -0.3 is 37.0 Å². The van der Waals surface area contributed by atoms with Crippen LogP contribution in [0.15, 0.2) is 78.9 Å². The lowest BCUT2D eigenvalue weighted by molar-refractivity contribution is -0.150. The number of nitrogens with one attached hydrogen (secondary N) is 3. The van der Waals surface area contributed by atoms with E-state index in [1.165, 1.54) is 24.3 Å². The first-order valence-electron chi connectivity index (χ1n) is 18.4. The third-order valence-corrected chi connectivity index (χ3v) is 10.6. The number of carbonyl (C=O) groups is 7. The van der Waals surface area contributed by atoms with Crippen LogP contribution in [-0.2, 0) is 40.0 Å². The van der Waals surface area contributed by atoms with E-state index < -0.39 is 83.7 Å². The SMILES string of the molecule is NC(=O)CC1NC(=O)C2(CCCCC2)NC(=O)[C@@H](CC(=O)O)[C@@H](c2ccc(C(C(=O)O)C(=O)O)cc2)/C=C\C[C@@H](Cc2cccc3ccccc23)CNC1=O. The number of carbonyl (C=O) groups excluding carboxylic acids is 4. The highest BCUT2D eigenvalue weighted by molar-refractivity contribution is 5.99. The molecule has 1 unspecified atom stereocenters. The Balaban J connectivity index is 1.60. The van der Waals surface area contributed by atoms with Gasteiger partial charge in [-0.2, -0.15) is 0 Å². The van der Waals surface area contributed by atoms with Crippen molar-refractivity contribution in [2.75, 3.05) is 6.54 Å². The number of primary amides is 1. The van der Waals surface area contributed by atoms with Gasteiger partial charge in [0.1, 0.15) is 11.6 Å². The molecule has 1 aliphatic heterocycles. The summed E-state index contributed by atoms with van der Waals surface area (Å²) >= 11 is 0. The summed E-state index contributed by atoms with van der Waals surface area (Å²) in [4.78, 5) is 90.2. The van der Waals surface area contributed by atoms with Gasteiger partial charge in [0.25, 0.3) is 0 Å². The minimum Gasteiger partial charge on any atom is -0.481 e. The van der Waals surface area contributed by atoms with Crippen molar-refractivity contribution in [3.8, 4) is 0 Å². The molecule has 1 aliphatic carbocycles. The molecule has 8 N–H and O–H groups in total. The van der Waals surface area contributed by atoms with E-state index >= 15 is 0 Å². The van der Waals surface area contributed by atoms with Gasteiger partial charge in [0, 0.05) is 12.5 Å². The van der Waals surface area contributed by atoms with Crippen LogP contribution in [0.3, 0.4) is 0 Å². The lowest BCUT2D eigenvalue weighted by Crippen LogP contribution is -2.64. The van der Waals surface area contributed by atoms with Crippen molar-refractivity contribution in [2.24, 2.45) is 17.6 Å². The van der Waals surface area contributed by atoms with Gasteiger partial charge >= 0.3 is 17.9 Å². The number of allylic oxidation sites excluding steroid dienone is 2. The second-order valence-electron chi connectivity index (χ2n) is 14.5. The number of benzene rings is 3. The predicted octanol–water partition coefficient (Wildman–Crippen LogP) is 3.38. The van der Waals surface area contributed by atoms with Crippen LogP contribution in [0.4, 0.5) is 0 Å². The molecule has 1 spiro atoms. The van der Waals surface area contributed by atoms with Crippen LogP contribution in [0.25, 0.3) is 10.8 Å². The first-order chi connectivity index (χ1) is 26.3. The number of rotatable bonds is 10. The molecule has 3 aromatic rings. The molecule has 1 heterocycles. The van der Waals surface area contributed by atoms with E-state index in [0.717, 1.165) is 22.8 Å². The van der Waals surface area contributed by atoms with Crippen LogP contribution < -0.4 is 21.7 Å². The van der Waals surface area contributed by atoms with E-state index in [0.29, 0.717) is 31.2 Å². The molecule has 2 aliphatic rings. The standard InChI is InChI=1S/C41H46N4O10/c42-33(46)22-32-37(50)43-23-24(20-28-11-7-10-25-9-2-3-12-29(25)28)8-6-13-30(26-14-16-27(17-15-26)35(38(51)52)39(53)54)31(21-34(47)48)36(49)45-41(40(55)44-32)18-4-1-5-19-41/h2-3,6-7,9-17,24,30-32,35H,1,4-5,8,18-23H2,(H2,42,46)(H,43,50)(H,44,55)(H,45,49)(H,47,48)(H,51,52)(H,53,54)/b13-6-/t24-,30+,31-,32?/m0/s1. The van der Waals surface area contributed by atoms with E-state index in [1.807, 2.05) is 42.5 Å². The number of hydrogen-bond donors (Lipinski definition) is 7. The highest BCUT2D eigenvalue weighted by atomic mass is 16.4. The summed E-state index contributed by atoms with van der Waals surface area (Å²) in [6.07, 6.45) is 5.50. The van der Waals surface area contributed by atoms with Crippen LogP contribution in [0.5, 0.6) is 0 Å². The quantitative estimate of drug-likeness (QED) is 0.118. The third kappa shape index (κ3) is 9.93. The Morgan fingerprint density at radius 2 is 1.49 bits per heavy atom. The summed E-state index contributed by atoms with van der Waals surface area (Å²) in [6, 6.07) is 18.1. The third-order valence-electron chi connectivity index (χ3n) is 10.6. The molecule has 5 rings (SSSR count). The molecule has 0 bridgehead atoms. The summed E-state index contributed by atoms with van der Waals surface area (Å²) in [5, 5.41) is 39.7. The first-order valence-corrected chi connectivity index (χ1v) is 18.4. The summed E-state index contributed by atoms with van der Waals surface area (Å²) in [7, 11) is 0. The Hall–Kier alpha value is -6.05. The molecule has 1 fully saturated rings. The maximum Gasteiger partial charge on any atom is 0.322 e. The second-order valence-corrected chi connectivity index (χ2v) is 14.5. The van der Waals surface area contributed by atoms with Gasteiger partial charge in [-0.15, -0.1) is 0 Å². The molecular weight excluding hydrogens is 708 g/mol. The van der Waals surface area contributed by atoms with Crippen LogP contribution in [0.2, 0.25) is 0 Å². The zero-order valence-electron chi connectivity index (χ0n) is 30.2. The number of aliphatic carboxylic acids is 3. The number of fused-ring (bicyclic) bond motifs is 1. The monoisotopic (exact) mass is 754 g/mol. The molecule has 1 saturated carbocycles.